The fourth-order valence-corrected chi connectivity index (χ4v) is 3.69. The summed E-state index contributed by atoms with van der Waals surface area (Å²) < 4.78 is 17.3. The predicted molar refractivity (Wildman–Crippen MR) is 116 cm³/mol. The van der Waals surface area contributed by atoms with E-state index in [1.807, 2.05) is 36.4 Å². The van der Waals surface area contributed by atoms with Crippen molar-refractivity contribution in [2.45, 2.75) is 6.42 Å². The summed E-state index contributed by atoms with van der Waals surface area (Å²) in [5.74, 6) is 1.69. The summed E-state index contributed by atoms with van der Waals surface area (Å²) in [5.41, 5.74) is 0.827. The van der Waals surface area contributed by atoms with Gasteiger partial charge in [0, 0.05) is 6.42 Å². The van der Waals surface area contributed by atoms with Crippen LogP contribution in [0.15, 0.2) is 47.4 Å². The maximum atomic E-state index is 11.8. The number of halogens is 1. The predicted octanol–water partition coefficient (Wildman–Crippen LogP) is 4.69. The number of amides is 1. The lowest BCUT2D eigenvalue weighted by molar-refractivity contribution is -0.115. The summed E-state index contributed by atoms with van der Waals surface area (Å²) in [5, 5.41) is 3.18. The van der Waals surface area contributed by atoms with Gasteiger partial charge in [-0.15, -0.1) is 0 Å². The van der Waals surface area contributed by atoms with Crippen molar-refractivity contribution in [1.82, 2.24) is 5.32 Å². The van der Waals surface area contributed by atoms with E-state index in [1.54, 1.807) is 19.3 Å². The van der Waals surface area contributed by atoms with Gasteiger partial charge in [-0.05, 0) is 35.9 Å². The molecule has 1 N–H and O–H groups in total. The van der Waals surface area contributed by atoms with E-state index in [2.05, 4.69) is 5.32 Å². The van der Waals surface area contributed by atoms with Crippen molar-refractivity contribution in [3.63, 3.8) is 0 Å². The third-order valence-corrected chi connectivity index (χ3v) is 5.24. The Hall–Kier alpha value is -2.22. The Morgan fingerprint density at radius 2 is 1.86 bits per heavy atom. The molecule has 1 fully saturated rings. The van der Waals surface area contributed by atoms with Gasteiger partial charge in [0.1, 0.15) is 10.1 Å². The lowest BCUT2D eigenvalue weighted by Gasteiger charge is -2.12. The number of hydrogen-bond acceptors (Lipinski definition) is 6. The zero-order valence-corrected chi connectivity index (χ0v) is 17.5. The molecule has 0 bridgehead atoms. The number of methoxy groups -OCH3 is 1. The molecule has 0 aliphatic carbocycles. The first-order valence-corrected chi connectivity index (χ1v) is 10.1. The van der Waals surface area contributed by atoms with Gasteiger partial charge in [0.15, 0.2) is 11.5 Å². The maximum Gasteiger partial charge on any atom is 0.263 e. The molecule has 0 radical (unpaired) electrons. The molecule has 1 amide bonds. The molecule has 146 valence electrons. The van der Waals surface area contributed by atoms with Gasteiger partial charge in [-0.3, -0.25) is 4.79 Å². The van der Waals surface area contributed by atoms with Crippen molar-refractivity contribution >= 4 is 51.9 Å². The van der Waals surface area contributed by atoms with Crippen LogP contribution in [0.1, 0.15) is 12.0 Å². The SMILES string of the molecule is COc1cc(/C=C2/SC(=S)NC2=O)ccc1OCCCOc1ccccc1Cl. The molecule has 1 heterocycles. The molecule has 2 aromatic carbocycles. The van der Waals surface area contributed by atoms with E-state index >= 15 is 0 Å². The number of ether oxygens (including phenoxy) is 3. The van der Waals surface area contributed by atoms with E-state index in [1.165, 1.54) is 11.8 Å². The first-order chi connectivity index (χ1) is 13.6. The van der Waals surface area contributed by atoms with Gasteiger partial charge < -0.3 is 19.5 Å². The lowest BCUT2D eigenvalue weighted by atomic mass is 10.2. The van der Waals surface area contributed by atoms with E-state index in [0.29, 0.717) is 51.1 Å². The summed E-state index contributed by atoms with van der Waals surface area (Å²) in [6, 6.07) is 12.8. The highest BCUT2D eigenvalue weighted by Gasteiger charge is 2.22. The molecule has 1 aliphatic rings. The maximum absolute atomic E-state index is 11.8. The number of hydrogen-bond donors (Lipinski definition) is 1. The fraction of sp³-hybridized carbons (Fsp3) is 0.200. The molecule has 2 aromatic rings. The van der Waals surface area contributed by atoms with Crippen molar-refractivity contribution < 1.29 is 19.0 Å². The quantitative estimate of drug-likeness (QED) is 0.369. The molecule has 3 rings (SSSR count). The summed E-state index contributed by atoms with van der Waals surface area (Å²) in [6.45, 7) is 0.955. The van der Waals surface area contributed by atoms with E-state index < -0.39 is 0 Å². The second kappa shape index (κ2) is 9.82. The van der Waals surface area contributed by atoms with Crippen molar-refractivity contribution in [2.24, 2.45) is 0 Å². The van der Waals surface area contributed by atoms with Crippen LogP contribution in [-0.4, -0.2) is 30.6 Å². The van der Waals surface area contributed by atoms with E-state index in [-0.39, 0.29) is 5.91 Å². The van der Waals surface area contributed by atoms with Gasteiger partial charge in [-0.2, -0.15) is 0 Å². The minimum atomic E-state index is -0.187. The fourth-order valence-electron chi connectivity index (χ4n) is 2.45. The Labute approximate surface area is 178 Å². The van der Waals surface area contributed by atoms with Crippen LogP contribution >= 0.6 is 35.6 Å². The lowest BCUT2D eigenvalue weighted by Crippen LogP contribution is -2.17. The number of thioether (sulfide) groups is 1. The van der Waals surface area contributed by atoms with Gasteiger partial charge in [0.2, 0.25) is 0 Å². The largest absolute Gasteiger partial charge is 0.493 e. The van der Waals surface area contributed by atoms with Crippen LogP contribution in [0.4, 0.5) is 0 Å². The van der Waals surface area contributed by atoms with Crippen LogP contribution in [0, 0.1) is 0 Å². The normalized spacial score (nSPS) is 14.9. The first-order valence-electron chi connectivity index (χ1n) is 8.50. The van der Waals surface area contributed by atoms with Crippen LogP contribution in [0.2, 0.25) is 5.02 Å². The van der Waals surface area contributed by atoms with Gasteiger partial charge in [0.05, 0.1) is 30.3 Å². The number of carbonyl (C=O) groups excluding carboxylic acids is 1. The van der Waals surface area contributed by atoms with Crippen LogP contribution in [0.25, 0.3) is 6.08 Å². The Balaban J connectivity index is 1.54. The molecule has 1 saturated heterocycles. The molecular formula is C20H18ClNO4S2. The van der Waals surface area contributed by atoms with Crippen molar-refractivity contribution in [3.05, 3.63) is 58.0 Å². The molecule has 0 aromatic heterocycles. The number of thiocarbonyl (C=S) groups is 1. The zero-order valence-electron chi connectivity index (χ0n) is 15.1. The Morgan fingerprint density at radius 1 is 1.11 bits per heavy atom. The zero-order chi connectivity index (χ0) is 19.9. The van der Waals surface area contributed by atoms with Crippen LogP contribution in [0.3, 0.4) is 0 Å². The van der Waals surface area contributed by atoms with Crippen LogP contribution < -0.4 is 19.5 Å². The molecule has 0 unspecified atom stereocenters. The second-order valence-electron chi connectivity index (χ2n) is 5.74. The minimum absolute atomic E-state index is 0.187. The number of rotatable bonds is 8. The molecular weight excluding hydrogens is 418 g/mol. The Kier molecular flexibility index (Phi) is 7.19. The molecule has 1 aliphatic heterocycles. The van der Waals surface area contributed by atoms with Crippen LogP contribution in [0.5, 0.6) is 17.2 Å². The average molecular weight is 436 g/mol. The number of para-hydroxylation sites is 1. The van der Waals surface area contributed by atoms with Gasteiger partial charge >= 0.3 is 0 Å². The third-order valence-electron chi connectivity index (χ3n) is 3.77. The monoisotopic (exact) mass is 435 g/mol. The topological polar surface area (TPSA) is 56.8 Å². The molecule has 28 heavy (non-hydrogen) atoms. The summed E-state index contributed by atoms with van der Waals surface area (Å²) in [7, 11) is 1.58. The summed E-state index contributed by atoms with van der Waals surface area (Å²) in [4.78, 5) is 12.3. The smallest absolute Gasteiger partial charge is 0.263 e. The average Bonchev–Trinajstić information content (AvgIpc) is 3.00. The molecule has 5 nitrogen and oxygen atoms in total. The Morgan fingerprint density at radius 3 is 2.54 bits per heavy atom. The number of benzene rings is 2. The number of carbonyl (C=O) groups is 1. The van der Waals surface area contributed by atoms with Crippen LogP contribution in [-0.2, 0) is 4.79 Å². The number of nitrogens with one attached hydrogen (secondary N) is 1. The highest BCUT2D eigenvalue weighted by molar-refractivity contribution is 8.26. The second-order valence-corrected chi connectivity index (χ2v) is 7.87. The van der Waals surface area contributed by atoms with Gasteiger partial charge in [-0.1, -0.05) is 53.8 Å². The highest BCUT2D eigenvalue weighted by atomic mass is 35.5. The third kappa shape index (κ3) is 5.41. The van der Waals surface area contributed by atoms with E-state index in [9.17, 15) is 4.79 Å². The van der Waals surface area contributed by atoms with Crippen molar-refractivity contribution in [2.75, 3.05) is 20.3 Å². The molecule has 0 saturated carbocycles. The molecule has 0 atom stereocenters. The van der Waals surface area contributed by atoms with E-state index in [4.69, 9.17) is 38.0 Å². The first kappa shape index (κ1) is 20.5. The van der Waals surface area contributed by atoms with Crippen molar-refractivity contribution in [3.8, 4) is 17.2 Å². The summed E-state index contributed by atoms with van der Waals surface area (Å²) >= 11 is 12.3. The standard InChI is InChI=1S/C20H18ClNO4S2/c1-24-17-11-13(12-18-19(23)22-20(27)28-18)7-8-16(17)26-10-4-9-25-15-6-3-2-5-14(15)21/h2-3,5-8,11-12H,4,9-10H2,1H3,(H,22,23,27)/b18-12+. The van der Waals surface area contributed by atoms with E-state index in [0.717, 1.165) is 5.56 Å². The van der Waals surface area contributed by atoms with Gasteiger partial charge in [-0.25, -0.2) is 0 Å². The highest BCUT2D eigenvalue weighted by Crippen LogP contribution is 2.31. The molecule has 8 heteroatoms. The summed E-state index contributed by atoms with van der Waals surface area (Å²) in [6.07, 6.45) is 2.46. The molecule has 0 spiro atoms. The Bertz CT molecular complexity index is 917. The van der Waals surface area contributed by atoms with Gasteiger partial charge in [0.25, 0.3) is 5.91 Å². The minimum Gasteiger partial charge on any atom is -0.493 e. The van der Waals surface area contributed by atoms with Crippen molar-refractivity contribution in [1.29, 1.82) is 0 Å².